The van der Waals surface area contributed by atoms with Crippen LogP contribution < -0.4 is 0 Å². The summed E-state index contributed by atoms with van der Waals surface area (Å²) in [6.45, 7) is 0. The predicted octanol–water partition coefficient (Wildman–Crippen LogP) is 6.33. The van der Waals surface area contributed by atoms with Crippen molar-refractivity contribution in [3.8, 4) is 5.75 Å². The summed E-state index contributed by atoms with van der Waals surface area (Å²) in [5, 5.41) is 20.4. The minimum Gasteiger partial charge on any atom is -0.504 e. The van der Waals surface area contributed by atoms with Gasteiger partial charge in [-0.15, -0.1) is 21.6 Å². The molecular weight excluding hydrogens is 315 g/mol. The maximum Gasteiger partial charge on any atom is 0.181 e. The smallest absolute Gasteiger partial charge is 0.181 e. The number of rotatable bonds is 2. The van der Waals surface area contributed by atoms with Gasteiger partial charge < -0.3 is 5.11 Å². The van der Waals surface area contributed by atoms with Gasteiger partial charge in [0, 0.05) is 10.1 Å². The molecule has 6 heteroatoms. The number of azo groups is 1. The van der Waals surface area contributed by atoms with Crippen LogP contribution in [0.25, 0.3) is 10.1 Å². The molecular formula is C14H8Cl2N2OS. The Morgan fingerprint density at radius 2 is 1.75 bits per heavy atom. The van der Waals surface area contributed by atoms with Gasteiger partial charge in [-0.1, -0.05) is 35.3 Å². The summed E-state index contributed by atoms with van der Waals surface area (Å²) in [6.07, 6.45) is 0. The average molecular weight is 323 g/mol. The van der Waals surface area contributed by atoms with E-state index in [2.05, 4.69) is 10.2 Å². The maximum atomic E-state index is 10.1. The molecule has 0 radical (unpaired) electrons. The molecule has 1 aromatic heterocycles. The Morgan fingerprint density at radius 3 is 2.50 bits per heavy atom. The zero-order chi connectivity index (χ0) is 14.1. The molecule has 100 valence electrons. The number of hydrogen-bond donors (Lipinski definition) is 1. The molecule has 3 aromatic rings. The Hall–Kier alpha value is -1.62. The molecule has 0 unspecified atom stereocenters. The molecule has 1 heterocycles. The van der Waals surface area contributed by atoms with E-state index in [1.807, 2.05) is 24.3 Å². The first-order valence-corrected chi connectivity index (χ1v) is 7.29. The van der Waals surface area contributed by atoms with Crippen molar-refractivity contribution in [2.75, 3.05) is 0 Å². The number of nitrogens with zero attached hydrogens (tertiary/aromatic N) is 2. The van der Waals surface area contributed by atoms with Crippen molar-refractivity contribution in [1.82, 2.24) is 0 Å². The highest BCUT2D eigenvalue weighted by Crippen LogP contribution is 2.43. The molecule has 0 spiro atoms. The first-order valence-electron chi connectivity index (χ1n) is 5.72. The van der Waals surface area contributed by atoms with Crippen LogP contribution in [0.5, 0.6) is 5.75 Å². The van der Waals surface area contributed by atoms with Crippen LogP contribution >= 0.6 is 34.5 Å². The van der Waals surface area contributed by atoms with Crippen LogP contribution in [-0.4, -0.2) is 5.11 Å². The number of benzene rings is 2. The third-order valence-corrected chi connectivity index (χ3v) is 4.49. The van der Waals surface area contributed by atoms with Crippen LogP contribution in [0.2, 0.25) is 10.0 Å². The summed E-state index contributed by atoms with van der Waals surface area (Å²) >= 11 is 13.1. The Bertz CT molecular complexity index is 814. The molecule has 0 aliphatic heterocycles. The summed E-state index contributed by atoms with van der Waals surface area (Å²) < 4.78 is 0.966. The minimum atomic E-state index is 0.148. The van der Waals surface area contributed by atoms with E-state index >= 15 is 0 Å². The minimum absolute atomic E-state index is 0.148. The van der Waals surface area contributed by atoms with Gasteiger partial charge in [0.15, 0.2) is 10.8 Å². The highest BCUT2D eigenvalue weighted by atomic mass is 35.5. The monoisotopic (exact) mass is 322 g/mol. The Morgan fingerprint density at radius 1 is 0.950 bits per heavy atom. The number of hydrogen-bond acceptors (Lipinski definition) is 4. The Balaban J connectivity index is 1.98. The van der Waals surface area contributed by atoms with E-state index in [9.17, 15) is 5.11 Å². The lowest BCUT2D eigenvalue weighted by molar-refractivity contribution is 0.484. The van der Waals surface area contributed by atoms with Crippen LogP contribution in [0.15, 0.2) is 52.7 Å². The van der Waals surface area contributed by atoms with E-state index in [-0.39, 0.29) is 5.75 Å². The quantitative estimate of drug-likeness (QED) is 0.550. The third kappa shape index (κ3) is 2.50. The fraction of sp³-hybridized carbons (Fsp3) is 0. The molecule has 0 aliphatic carbocycles. The van der Waals surface area contributed by atoms with Gasteiger partial charge in [0.1, 0.15) is 0 Å². The van der Waals surface area contributed by atoms with Gasteiger partial charge in [-0.3, -0.25) is 0 Å². The summed E-state index contributed by atoms with van der Waals surface area (Å²) in [5.41, 5.74) is 0.580. The largest absolute Gasteiger partial charge is 0.504 e. The second-order valence-electron chi connectivity index (χ2n) is 4.05. The lowest BCUT2D eigenvalue weighted by Crippen LogP contribution is -1.67. The second kappa shape index (κ2) is 5.40. The zero-order valence-electron chi connectivity index (χ0n) is 10.0. The molecule has 0 bridgehead atoms. The van der Waals surface area contributed by atoms with Crippen molar-refractivity contribution in [3.63, 3.8) is 0 Å². The molecule has 3 nitrogen and oxygen atoms in total. The van der Waals surface area contributed by atoms with Crippen LogP contribution in [0.4, 0.5) is 10.7 Å². The van der Waals surface area contributed by atoms with Crippen molar-refractivity contribution in [2.24, 2.45) is 10.2 Å². The molecule has 1 N–H and O–H groups in total. The normalized spacial score (nSPS) is 11.5. The molecule has 0 aliphatic rings. The molecule has 0 saturated heterocycles. The molecule has 0 amide bonds. The van der Waals surface area contributed by atoms with E-state index in [0.29, 0.717) is 20.7 Å². The molecule has 0 fully saturated rings. The highest BCUT2D eigenvalue weighted by Gasteiger charge is 2.09. The van der Waals surface area contributed by atoms with Gasteiger partial charge in [0.2, 0.25) is 0 Å². The number of aromatic hydroxyl groups is 1. The van der Waals surface area contributed by atoms with Gasteiger partial charge in [0.25, 0.3) is 0 Å². The molecule has 3 rings (SSSR count). The lowest BCUT2D eigenvalue weighted by Gasteiger charge is -1.96. The van der Waals surface area contributed by atoms with Crippen LogP contribution in [-0.2, 0) is 0 Å². The van der Waals surface area contributed by atoms with Gasteiger partial charge in [-0.25, -0.2) is 0 Å². The average Bonchev–Trinajstić information content (AvgIpc) is 2.77. The fourth-order valence-electron chi connectivity index (χ4n) is 1.74. The van der Waals surface area contributed by atoms with E-state index < -0.39 is 0 Å². The molecule has 0 atom stereocenters. The van der Waals surface area contributed by atoms with Crippen LogP contribution in [0, 0.1) is 0 Å². The Kier molecular flexibility index (Phi) is 3.61. The topological polar surface area (TPSA) is 45.0 Å². The second-order valence-corrected chi connectivity index (χ2v) is 5.90. The van der Waals surface area contributed by atoms with E-state index in [4.69, 9.17) is 23.2 Å². The van der Waals surface area contributed by atoms with E-state index in [1.54, 1.807) is 18.2 Å². The zero-order valence-corrected chi connectivity index (χ0v) is 12.4. The van der Waals surface area contributed by atoms with E-state index in [1.165, 1.54) is 11.3 Å². The molecule has 2 aromatic carbocycles. The first kappa shape index (κ1) is 13.4. The third-order valence-electron chi connectivity index (χ3n) is 2.71. The maximum absolute atomic E-state index is 10.1. The van der Waals surface area contributed by atoms with Crippen molar-refractivity contribution in [1.29, 1.82) is 0 Å². The molecule has 20 heavy (non-hydrogen) atoms. The summed E-state index contributed by atoms with van der Waals surface area (Å²) in [6, 6.07) is 12.5. The van der Waals surface area contributed by atoms with Crippen molar-refractivity contribution in [2.45, 2.75) is 0 Å². The summed E-state index contributed by atoms with van der Waals surface area (Å²) in [4.78, 5) is 0. The predicted molar refractivity (Wildman–Crippen MR) is 84.1 cm³/mol. The first-order chi connectivity index (χ1) is 9.65. The van der Waals surface area contributed by atoms with Gasteiger partial charge in [-0.2, -0.15) is 0 Å². The lowest BCUT2D eigenvalue weighted by atomic mass is 10.2. The Labute approximate surface area is 129 Å². The standard InChI is InChI=1S/C14H8Cl2N2OS/c15-10-6-5-8(7-11(10)16)17-18-14-13(19)9-3-1-2-4-12(9)20-14/h1-7,19H. The summed E-state index contributed by atoms with van der Waals surface area (Å²) in [7, 11) is 0. The van der Waals surface area contributed by atoms with Gasteiger partial charge in [0.05, 0.1) is 15.7 Å². The summed E-state index contributed by atoms with van der Waals surface area (Å²) in [5.74, 6) is 0.148. The van der Waals surface area contributed by atoms with Crippen LogP contribution in [0.3, 0.4) is 0 Å². The van der Waals surface area contributed by atoms with Gasteiger partial charge in [-0.05, 0) is 30.3 Å². The van der Waals surface area contributed by atoms with Gasteiger partial charge >= 0.3 is 0 Å². The SMILES string of the molecule is Oc1c(N=Nc2ccc(Cl)c(Cl)c2)sc2ccccc12. The van der Waals surface area contributed by atoms with Crippen molar-refractivity contribution >= 4 is 55.3 Å². The highest BCUT2D eigenvalue weighted by molar-refractivity contribution is 7.23. The van der Waals surface area contributed by atoms with Crippen molar-refractivity contribution < 1.29 is 5.11 Å². The number of fused-ring (bicyclic) bond motifs is 1. The number of halogens is 2. The number of thiophene rings is 1. The molecule has 0 saturated carbocycles. The fourth-order valence-corrected chi connectivity index (χ4v) is 2.95. The van der Waals surface area contributed by atoms with E-state index in [0.717, 1.165) is 10.1 Å². The van der Waals surface area contributed by atoms with Crippen molar-refractivity contribution in [3.05, 3.63) is 52.5 Å². The van der Waals surface area contributed by atoms with Crippen LogP contribution in [0.1, 0.15) is 0 Å².